The van der Waals surface area contributed by atoms with Crippen molar-refractivity contribution in [1.29, 1.82) is 0 Å². The predicted molar refractivity (Wildman–Crippen MR) is 76.0 cm³/mol. The second-order valence-electron chi connectivity index (χ2n) is 4.51. The third kappa shape index (κ3) is 5.73. The van der Waals surface area contributed by atoms with E-state index in [1.54, 1.807) is 12.5 Å². The Hall–Kier alpha value is -1.58. The molecule has 2 aromatic rings. The molecule has 0 unspecified atom stereocenters. The van der Waals surface area contributed by atoms with E-state index < -0.39 is 0 Å². The van der Waals surface area contributed by atoms with E-state index in [0.717, 1.165) is 39.1 Å². The highest BCUT2D eigenvalue weighted by molar-refractivity contribution is 5.14. The van der Waals surface area contributed by atoms with Crippen molar-refractivity contribution in [3.63, 3.8) is 0 Å². The Morgan fingerprint density at radius 3 is 2.68 bits per heavy atom. The van der Waals surface area contributed by atoms with Crippen molar-refractivity contribution in [3.05, 3.63) is 60.1 Å². The highest BCUT2D eigenvalue weighted by Gasteiger charge is 1.94. The lowest BCUT2D eigenvalue weighted by atomic mass is 10.1. The van der Waals surface area contributed by atoms with Gasteiger partial charge in [0, 0.05) is 25.3 Å². The molecule has 102 valence electrons. The molecule has 3 nitrogen and oxygen atoms in total. The molecule has 1 heterocycles. The first-order chi connectivity index (χ1) is 9.45. The molecule has 0 aliphatic carbocycles. The Morgan fingerprint density at radius 2 is 1.89 bits per heavy atom. The van der Waals surface area contributed by atoms with Crippen molar-refractivity contribution < 1.29 is 9.15 Å². The Labute approximate surface area is 114 Å². The first-order valence-corrected chi connectivity index (χ1v) is 6.78. The molecule has 0 amide bonds. The van der Waals surface area contributed by atoms with E-state index in [1.165, 1.54) is 11.1 Å². The predicted octanol–water partition coefficient (Wildman–Crippen LogP) is 3.02. The summed E-state index contributed by atoms with van der Waals surface area (Å²) in [6.07, 6.45) is 5.61. The van der Waals surface area contributed by atoms with Crippen LogP contribution >= 0.6 is 0 Å². The van der Waals surface area contributed by atoms with Crippen molar-refractivity contribution in [3.8, 4) is 0 Å². The van der Waals surface area contributed by atoms with Gasteiger partial charge in [-0.05, 0) is 24.5 Å². The Bertz CT molecular complexity index is 425. The molecule has 1 aromatic heterocycles. The van der Waals surface area contributed by atoms with Crippen LogP contribution in [0.15, 0.2) is 53.3 Å². The number of hydrogen-bond acceptors (Lipinski definition) is 3. The zero-order valence-electron chi connectivity index (χ0n) is 11.2. The van der Waals surface area contributed by atoms with E-state index >= 15 is 0 Å². The second-order valence-corrected chi connectivity index (χ2v) is 4.51. The number of ether oxygens (including phenoxy) is 1. The van der Waals surface area contributed by atoms with Crippen LogP contribution in [0.25, 0.3) is 0 Å². The van der Waals surface area contributed by atoms with Gasteiger partial charge in [-0.15, -0.1) is 0 Å². The third-order valence-corrected chi connectivity index (χ3v) is 2.93. The third-order valence-electron chi connectivity index (χ3n) is 2.93. The number of aryl methyl sites for hydroxylation is 1. The Morgan fingerprint density at radius 1 is 1.00 bits per heavy atom. The van der Waals surface area contributed by atoms with Gasteiger partial charge in [0.15, 0.2) is 0 Å². The van der Waals surface area contributed by atoms with Crippen LogP contribution in [-0.4, -0.2) is 19.8 Å². The van der Waals surface area contributed by atoms with Crippen molar-refractivity contribution >= 4 is 0 Å². The van der Waals surface area contributed by atoms with Gasteiger partial charge in [-0.3, -0.25) is 0 Å². The quantitative estimate of drug-likeness (QED) is 0.703. The minimum Gasteiger partial charge on any atom is -0.472 e. The van der Waals surface area contributed by atoms with E-state index in [4.69, 9.17) is 9.15 Å². The lowest BCUT2D eigenvalue weighted by Gasteiger charge is -2.05. The standard InChI is InChI=1S/C16H21NO2/c1-2-5-15(6-3-1)7-4-10-18-12-9-17-13-16-8-11-19-14-16/h1-3,5-6,8,11,14,17H,4,7,9-10,12-13H2. The lowest BCUT2D eigenvalue weighted by molar-refractivity contribution is 0.133. The monoisotopic (exact) mass is 259 g/mol. The van der Waals surface area contributed by atoms with Crippen LogP contribution in [0.2, 0.25) is 0 Å². The van der Waals surface area contributed by atoms with Crippen LogP contribution in [0.3, 0.4) is 0 Å². The molecular weight excluding hydrogens is 238 g/mol. The Balaban J connectivity index is 1.42. The minimum absolute atomic E-state index is 0.757. The molecule has 3 heteroatoms. The van der Waals surface area contributed by atoms with E-state index in [0.29, 0.717) is 0 Å². The fourth-order valence-electron chi connectivity index (χ4n) is 1.90. The van der Waals surface area contributed by atoms with Gasteiger partial charge in [0.25, 0.3) is 0 Å². The number of benzene rings is 1. The molecule has 0 bridgehead atoms. The average molecular weight is 259 g/mol. The van der Waals surface area contributed by atoms with Gasteiger partial charge in [0.2, 0.25) is 0 Å². The topological polar surface area (TPSA) is 34.4 Å². The second kappa shape index (κ2) is 8.51. The fourth-order valence-corrected chi connectivity index (χ4v) is 1.90. The normalized spacial score (nSPS) is 10.7. The van der Waals surface area contributed by atoms with Gasteiger partial charge in [0.1, 0.15) is 0 Å². The lowest BCUT2D eigenvalue weighted by Crippen LogP contribution is -2.19. The maximum Gasteiger partial charge on any atom is 0.0947 e. The van der Waals surface area contributed by atoms with Gasteiger partial charge >= 0.3 is 0 Å². The van der Waals surface area contributed by atoms with Crippen LogP contribution in [0, 0.1) is 0 Å². The summed E-state index contributed by atoms with van der Waals surface area (Å²) in [6.45, 7) is 3.29. The summed E-state index contributed by atoms with van der Waals surface area (Å²) in [4.78, 5) is 0. The highest BCUT2D eigenvalue weighted by Crippen LogP contribution is 2.02. The van der Waals surface area contributed by atoms with Gasteiger partial charge in [-0.25, -0.2) is 0 Å². The zero-order valence-corrected chi connectivity index (χ0v) is 11.2. The molecular formula is C16H21NO2. The van der Waals surface area contributed by atoms with Crippen molar-refractivity contribution in [2.75, 3.05) is 19.8 Å². The molecule has 0 aliphatic heterocycles. The summed E-state index contributed by atoms with van der Waals surface area (Å²) in [5.41, 5.74) is 2.55. The Kier molecular flexibility index (Phi) is 6.20. The molecule has 0 spiro atoms. The molecule has 0 fully saturated rings. The summed E-state index contributed by atoms with van der Waals surface area (Å²) >= 11 is 0. The van der Waals surface area contributed by atoms with Crippen LogP contribution < -0.4 is 5.32 Å². The molecule has 0 saturated carbocycles. The number of hydrogen-bond donors (Lipinski definition) is 1. The molecule has 2 rings (SSSR count). The molecule has 0 aliphatic rings. The summed E-state index contributed by atoms with van der Waals surface area (Å²) in [6, 6.07) is 12.5. The van der Waals surface area contributed by atoms with Crippen molar-refractivity contribution in [2.24, 2.45) is 0 Å². The first kappa shape index (κ1) is 13.8. The van der Waals surface area contributed by atoms with Gasteiger partial charge in [-0.2, -0.15) is 0 Å². The van der Waals surface area contributed by atoms with Crippen molar-refractivity contribution in [1.82, 2.24) is 5.32 Å². The molecule has 0 radical (unpaired) electrons. The van der Waals surface area contributed by atoms with E-state index in [-0.39, 0.29) is 0 Å². The maximum absolute atomic E-state index is 5.59. The maximum atomic E-state index is 5.59. The van der Waals surface area contributed by atoms with Gasteiger partial charge < -0.3 is 14.5 Å². The number of nitrogens with one attached hydrogen (secondary N) is 1. The zero-order chi connectivity index (χ0) is 13.2. The van der Waals surface area contributed by atoms with Gasteiger partial charge in [0.05, 0.1) is 19.1 Å². The molecule has 1 N–H and O–H groups in total. The summed E-state index contributed by atoms with van der Waals surface area (Å²) in [5, 5.41) is 3.31. The van der Waals surface area contributed by atoms with E-state index in [2.05, 4.69) is 29.6 Å². The molecule has 0 saturated heterocycles. The summed E-state index contributed by atoms with van der Waals surface area (Å²) in [7, 11) is 0. The fraction of sp³-hybridized carbons (Fsp3) is 0.375. The van der Waals surface area contributed by atoms with Crippen molar-refractivity contribution in [2.45, 2.75) is 19.4 Å². The van der Waals surface area contributed by atoms with Crippen LogP contribution in [0.1, 0.15) is 17.5 Å². The van der Waals surface area contributed by atoms with Crippen LogP contribution in [-0.2, 0) is 17.7 Å². The van der Waals surface area contributed by atoms with Crippen LogP contribution in [0.5, 0.6) is 0 Å². The van der Waals surface area contributed by atoms with Crippen LogP contribution in [0.4, 0.5) is 0 Å². The first-order valence-electron chi connectivity index (χ1n) is 6.78. The highest BCUT2D eigenvalue weighted by atomic mass is 16.5. The summed E-state index contributed by atoms with van der Waals surface area (Å²) in [5.74, 6) is 0. The van der Waals surface area contributed by atoms with Gasteiger partial charge in [-0.1, -0.05) is 30.3 Å². The smallest absolute Gasteiger partial charge is 0.0947 e. The average Bonchev–Trinajstić information content (AvgIpc) is 2.96. The van der Waals surface area contributed by atoms with E-state index in [1.807, 2.05) is 12.1 Å². The minimum atomic E-state index is 0.757. The SMILES string of the molecule is c1ccc(CCCOCCNCc2ccoc2)cc1. The number of rotatable bonds is 9. The molecule has 1 aromatic carbocycles. The van der Waals surface area contributed by atoms with E-state index in [9.17, 15) is 0 Å². The summed E-state index contributed by atoms with van der Waals surface area (Å²) < 4.78 is 10.6. The largest absolute Gasteiger partial charge is 0.472 e. The number of furan rings is 1. The molecule has 19 heavy (non-hydrogen) atoms. The molecule has 0 atom stereocenters.